The van der Waals surface area contributed by atoms with E-state index in [0.29, 0.717) is 12.2 Å². The lowest BCUT2D eigenvalue weighted by atomic mass is 9.75. The van der Waals surface area contributed by atoms with Crippen LogP contribution < -0.4 is 9.47 Å². The molecule has 3 atom stereocenters. The Labute approximate surface area is 270 Å². The van der Waals surface area contributed by atoms with Crippen molar-refractivity contribution in [2.24, 2.45) is 28.6 Å². The predicted molar refractivity (Wildman–Crippen MR) is 183 cm³/mol. The van der Waals surface area contributed by atoms with Crippen LogP contribution in [-0.2, 0) is 20.7 Å². The van der Waals surface area contributed by atoms with E-state index in [4.69, 9.17) is 14.2 Å². The summed E-state index contributed by atoms with van der Waals surface area (Å²) in [5.74, 6) is 3.36. The van der Waals surface area contributed by atoms with E-state index in [1.807, 2.05) is 27.7 Å². The van der Waals surface area contributed by atoms with Gasteiger partial charge in [-0.2, -0.15) is 0 Å². The quantitative estimate of drug-likeness (QED) is 0.129. The predicted octanol–water partition coefficient (Wildman–Crippen LogP) is 10.7. The first-order valence-electron chi connectivity index (χ1n) is 17.5. The van der Waals surface area contributed by atoms with Crippen LogP contribution in [0.25, 0.3) is 0 Å². The van der Waals surface area contributed by atoms with E-state index < -0.39 is 10.8 Å². The molecule has 0 saturated carbocycles. The van der Waals surface area contributed by atoms with Gasteiger partial charge in [-0.15, -0.1) is 0 Å². The lowest BCUT2D eigenvalue weighted by Crippen LogP contribution is -2.38. The molecule has 0 amide bonds. The van der Waals surface area contributed by atoms with Gasteiger partial charge in [0.15, 0.2) is 0 Å². The van der Waals surface area contributed by atoms with Crippen molar-refractivity contribution in [2.75, 3.05) is 7.11 Å². The van der Waals surface area contributed by atoms with Gasteiger partial charge in [0.2, 0.25) is 0 Å². The Kier molecular flexibility index (Phi) is 13.9. The van der Waals surface area contributed by atoms with Crippen molar-refractivity contribution in [3.05, 3.63) is 22.3 Å². The number of esters is 2. The van der Waals surface area contributed by atoms with E-state index in [-0.39, 0.29) is 17.5 Å². The molecule has 1 aliphatic heterocycles. The zero-order chi connectivity index (χ0) is 33.5. The lowest BCUT2D eigenvalue weighted by Gasteiger charge is -2.38. The first-order valence-corrected chi connectivity index (χ1v) is 17.5. The van der Waals surface area contributed by atoms with Gasteiger partial charge in [-0.05, 0) is 122 Å². The second-order valence-corrected chi connectivity index (χ2v) is 16.2. The van der Waals surface area contributed by atoms with Gasteiger partial charge in [-0.1, -0.05) is 72.6 Å². The first kappa shape index (κ1) is 38.1. The fourth-order valence-electron chi connectivity index (χ4n) is 7.17. The van der Waals surface area contributed by atoms with Crippen molar-refractivity contribution in [2.45, 2.75) is 166 Å². The van der Waals surface area contributed by atoms with Gasteiger partial charge in [-0.3, -0.25) is 9.59 Å². The molecule has 1 aromatic carbocycles. The number of fused-ring (bicyclic) bond motifs is 1. The smallest absolute Gasteiger partial charge is 0.316 e. The van der Waals surface area contributed by atoms with Crippen molar-refractivity contribution in [3.63, 3.8) is 0 Å². The third-order valence-corrected chi connectivity index (χ3v) is 10.2. The molecule has 0 N–H and O–H groups in total. The van der Waals surface area contributed by atoms with Crippen molar-refractivity contribution in [1.29, 1.82) is 0 Å². The number of hydrogen-bond acceptors (Lipinski definition) is 5. The molecule has 0 aromatic heterocycles. The van der Waals surface area contributed by atoms with Gasteiger partial charge in [0, 0.05) is 5.56 Å². The van der Waals surface area contributed by atoms with Crippen molar-refractivity contribution in [3.8, 4) is 11.5 Å². The second-order valence-electron chi connectivity index (χ2n) is 16.2. The van der Waals surface area contributed by atoms with E-state index >= 15 is 0 Å². The molecule has 0 bridgehead atoms. The number of hydrogen-bond donors (Lipinski definition) is 0. The summed E-state index contributed by atoms with van der Waals surface area (Å²) in [7, 11) is 1.38. The van der Waals surface area contributed by atoms with Crippen LogP contribution in [0.5, 0.6) is 11.5 Å². The molecule has 252 valence electrons. The minimum absolute atomic E-state index is 0.180. The van der Waals surface area contributed by atoms with E-state index in [1.54, 1.807) is 13.8 Å². The molecular weight excluding hydrogens is 548 g/mol. The molecule has 0 fully saturated rings. The van der Waals surface area contributed by atoms with E-state index in [0.717, 1.165) is 65.0 Å². The number of methoxy groups -OCH3 is 1. The number of carbonyl (C=O) groups is 2. The van der Waals surface area contributed by atoms with Crippen molar-refractivity contribution < 1.29 is 23.8 Å². The number of ether oxygens (including phenoxy) is 3. The molecule has 1 unspecified atom stereocenters. The van der Waals surface area contributed by atoms with Crippen LogP contribution in [0.15, 0.2) is 0 Å². The Morgan fingerprint density at radius 1 is 0.795 bits per heavy atom. The van der Waals surface area contributed by atoms with Crippen molar-refractivity contribution in [1.82, 2.24) is 0 Å². The summed E-state index contributed by atoms with van der Waals surface area (Å²) in [5, 5.41) is 0. The minimum Gasteiger partial charge on any atom is -0.487 e. The van der Waals surface area contributed by atoms with Crippen LogP contribution in [0.3, 0.4) is 0 Å². The van der Waals surface area contributed by atoms with E-state index in [9.17, 15) is 9.59 Å². The molecule has 0 aliphatic carbocycles. The third-order valence-electron chi connectivity index (χ3n) is 10.2. The van der Waals surface area contributed by atoms with E-state index in [1.165, 1.54) is 58.5 Å². The number of rotatable bonds is 17. The van der Waals surface area contributed by atoms with Crippen LogP contribution in [0.2, 0.25) is 0 Å². The zero-order valence-electron chi connectivity index (χ0n) is 30.8. The molecule has 5 heteroatoms. The molecule has 0 spiro atoms. The Balaban J connectivity index is 1.99. The average Bonchev–Trinajstić information content (AvgIpc) is 2.92. The molecule has 1 heterocycles. The summed E-state index contributed by atoms with van der Waals surface area (Å²) in [5.41, 5.74) is 2.27. The summed E-state index contributed by atoms with van der Waals surface area (Å²) < 4.78 is 17.9. The standard InChI is InChI=1S/C39H66O5/c1-26(2)17-14-18-27(3)19-15-20-28(4)21-16-23-39(12)24-22-32-31(7)33(29(5)30(6)34(32)44-39)43-36(41)38(10,11)25-37(8,9)35(40)42-13/h26-28H,14-25H2,1-13H3/t27-,28?,39-/m1/s1. The highest BCUT2D eigenvalue weighted by Gasteiger charge is 2.42. The number of benzene rings is 1. The number of carbonyl (C=O) groups excluding carboxylic acids is 2. The topological polar surface area (TPSA) is 61.8 Å². The Morgan fingerprint density at radius 3 is 1.86 bits per heavy atom. The summed E-state index contributed by atoms with van der Waals surface area (Å²) >= 11 is 0. The highest BCUT2D eigenvalue weighted by Crippen LogP contribution is 2.46. The Bertz CT molecular complexity index is 1110. The Hall–Kier alpha value is -2.04. The maximum absolute atomic E-state index is 13.4. The van der Waals surface area contributed by atoms with Crippen molar-refractivity contribution >= 4 is 11.9 Å². The average molecular weight is 615 g/mol. The maximum atomic E-state index is 13.4. The highest BCUT2D eigenvalue weighted by molar-refractivity contribution is 5.82. The van der Waals surface area contributed by atoms with E-state index in [2.05, 4.69) is 41.5 Å². The van der Waals surface area contributed by atoms with Crippen LogP contribution >= 0.6 is 0 Å². The fraction of sp³-hybridized carbons (Fsp3) is 0.795. The van der Waals surface area contributed by atoms with Crippen LogP contribution in [0, 0.1) is 49.4 Å². The molecule has 0 saturated heterocycles. The fourth-order valence-corrected chi connectivity index (χ4v) is 7.17. The first-order chi connectivity index (χ1) is 20.3. The van der Waals surface area contributed by atoms with Gasteiger partial charge in [-0.25, -0.2) is 0 Å². The molecule has 5 nitrogen and oxygen atoms in total. The zero-order valence-corrected chi connectivity index (χ0v) is 30.8. The normalized spacial score (nSPS) is 18.4. The molecule has 1 aliphatic rings. The van der Waals surface area contributed by atoms with Crippen LogP contribution in [0.1, 0.15) is 155 Å². The molecule has 0 radical (unpaired) electrons. The van der Waals surface area contributed by atoms with Gasteiger partial charge in [0.1, 0.15) is 17.1 Å². The largest absolute Gasteiger partial charge is 0.487 e. The lowest BCUT2D eigenvalue weighted by molar-refractivity contribution is -0.155. The molecular formula is C39H66O5. The SMILES string of the molecule is COC(=O)C(C)(C)CC(C)(C)C(=O)Oc1c(C)c(C)c2c(c1C)CC[C@@](C)(CCCC(C)CCC[C@H](C)CCCC(C)C)O2. The summed E-state index contributed by atoms with van der Waals surface area (Å²) in [6.45, 7) is 25.2. The van der Waals surface area contributed by atoms with Gasteiger partial charge in [0.05, 0.1) is 17.9 Å². The van der Waals surface area contributed by atoms with Gasteiger partial charge < -0.3 is 14.2 Å². The molecule has 44 heavy (non-hydrogen) atoms. The molecule has 1 aromatic rings. The van der Waals surface area contributed by atoms with Gasteiger partial charge >= 0.3 is 11.9 Å². The summed E-state index contributed by atoms with van der Waals surface area (Å²) in [6.07, 6.45) is 13.8. The monoisotopic (exact) mass is 614 g/mol. The van der Waals surface area contributed by atoms with Crippen LogP contribution in [0.4, 0.5) is 0 Å². The highest BCUT2D eigenvalue weighted by atomic mass is 16.5. The van der Waals surface area contributed by atoms with Crippen LogP contribution in [-0.4, -0.2) is 24.6 Å². The third kappa shape index (κ3) is 10.5. The summed E-state index contributed by atoms with van der Waals surface area (Å²) in [4.78, 5) is 25.7. The molecule has 2 rings (SSSR count). The van der Waals surface area contributed by atoms with Gasteiger partial charge in [0.25, 0.3) is 0 Å². The summed E-state index contributed by atoms with van der Waals surface area (Å²) in [6, 6.07) is 0. The minimum atomic E-state index is -0.863. The maximum Gasteiger partial charge on any atom is 0.316 e. The second kappa shape index (κ2) is 16.0. The Morgan fingerprint density at radius 2 is 1.32 bits per heavy atom.